The lowest BCUT2D eigenvalue weighted by atomic mass is 10.1. The highest BCUT2D eigenvalue weighted by Gasteiger charge is 2.08. The lowest BCUT2D eigenvalue weighted by Crippen LogP contribution is -2.03. The first kappa shape index (κ1) is 11.7. The Morgan fingerprint density at radius 3 is 2.69 bits per heavy atom. The van der Waals surface area contributed by atoms with Gasteiger partial charge in [-0.2, -0.15) is 0 Å². The van der Waals surface area contributed by atoms with Crippen LogP contribution in [0.3, 0.4) is 0 Å². The predicted molar refractivity (Wildman–Crippen MR) is 54.8 cm³/mol. The van der Waals surface area contributed by atoms with E-state index in [0.717, 1.165) is 0 Å². The van der Waals surface area contributed by atoms with E-state index in [0.29, 0.717) is 11.1 Å². The van der Waals surface area contributed by atoms with Crippen LogP contribution in [-0.4, -0.2) is 29.1 Å². The number of rotatable bonds is 1. The zero-order chi connectivity index (χ0) is 12.1. The maximum Gasteiger partial charge on any atom is 0.384 e. The molecule has 0 atom stereocenters. The number of carbonyl (C=O) groups is 2. The average Bonchev–Trinajstić information content (AvgIpc) is 2.25. The molecule has 1 aromatic heterocycles. The first-order chi connectivity index (χ1) is 7.54. The zero-order valence-electron chi connectivity index (χ0n) is 8.77. The standard InChI is InChI=1S/C11H9NO4/c1-7-5-8(3-4-9(13)16-2)6-12-10(7)11(14)15/h5-6H,1-2H3,(H,14,15). The van der Waals surface area contributed by atoms with Gasteiger partial charge in [0.25, 0.3) is 0 Å². The number of pyridine rings is 1. The molecule has 1 heterocycles. The van der Waals surface area contributed by atoms with Crippen molar-refractivity contribution in [3.63, 3.8) is 0 Å². The van der Waals surface area contributed by atoms with Crippen LogP contribution >= 0.6 is 0 Å². The van der Waals surface area contributed by atoms with E-state index in [1.54, 1.807) is 13.0 Å². The van der Waals surface area contributed by atoms with Crippen molar-refractivity contribution in [2.75, 3.05) is 7.11 Å². The van der Waals surface area contributed by atoms with Gasteiger partial charge in [-0.15, -0.1) is 0 Å². The molecule has 0 aliphatic carbocycles. The SMILES string of the molecule is COC(=O)C#Cc1cnc(C(=O)O)c(C)c1. The fourth-order valence-corrected chi connectivity index (χ4v) is 1.04. The summed E-state index contributed by atoms with van der Waals surface area (Å²) in [6, 6.07) is 1.55. The molecule has 0 fully saturated rings. The number of esters is 1. The quantitative estimate of drug-likeness (QED) is 0.553. The molecule has 5 nitrogen and oxygen atoms in total. The van der Waals surface area contributed by atoms with Gasteiger partial charge in [0, 0.05) is 17.7 Å². The van der Waals surface area contributed by atoms with Crippen molar-refractivity contribution in [2.24, 2.45) is 0 Å². The summed E-state index contributed by atoms with van der Waals surface area (Å²) in [5, 5.41) is 8.74. The van der Waals surface area contributed by atoms with Crippen LogP contribution in [0.5, 0.6) is 0 Å². The molecule has 0 saturated carbocycles. The second-order valence-corrected chi connectivity index (χ2v) is 2.94. The van der Waals surface area contributed by atoms with E-state index in [1.807, 2.05) is 0 Å². The van der Waals surface area contributed by atoms with E-state index in [4.69, 9.17) is 5.11 Å². The van der Waals surface area contributed by atoms with Crippen molar-refractivity contribution >= 4 is 11.9 Å². The molecule has 0 unspecified atom stereocenters. The van der Waals surface area contributed by atoms with Crippen LogP contribution in [0.15, 0.2) is 12.3 Å². The van der Waals surface area contributed by atoms with E-state index < -0.39 is 11.9 Å². The third-order valence-electron chi connectivity index (χ3n) is 1.78. The molecular weight excluding hydrogens is 210 g/mol. The zero-order valence-corrected chi connectivity index (χ0v) is 8.77. The number of hydrogen-bond acceptors (Lipinski definition) is 4. The Balaban J connectivity index is 3.01. The number of ether oxygens (including phenoxy) is 1. The highest BCUT2D eigenvalue weighted by Crippen LogP contribution is 2.06. The number of aromatic carboxylic acids is 1. The molecule has 0 aromatic carbocycles. The molecule has 5 heteroatoms. The van der Waals surface area contributed by atoms with Gasteiger partial charge in [0.15, 0.2) is 5.69 Å². The lowest BCUT2D eigenvalue weighted by molar-refractivity contribution is -0.133. The summed E-state index contributed by atoms with van der Waals surface area (Å²) in [7, 11) is 1.23. The van der Waals surface area contributed by atoms with E-state index in [2.05, 4.69) is 21.6 Å². The smallest absolute Gasteiger partial charge is 0.384 e. The van der Waals surface area contributed by atoms with Gasteiger partial charge in [-0.3, -0.25) is 0 Å². The summed E-state index contributed by atoms with van der Waals surface area (Å²) in [5.74, 6) is 3.00. The van der Waals surface area contributed by atoms with Gasteiger partial charge in [0.2, 0.25) is 0 Å². The first-order valence-corrected chi connectivity index (χ1v) is 4.34. The van der Waals surface area contributed by atoms with Crippen molar-refractivity contribution in [2.45, 2.75) is 6.92 Å². The normalized spacial score (nSPS) is 8.88. The molecule has 82 valence electrons. The van der Waals surface area contributed by atoms with E-state index in [-0.39, 0.29) is 5.69 Å². The van der Waals surface area contributed by atoms with Crippen LogP contribution < -0.4 is 0 Å². The lowest BCUT2D eigenvalue weighted by Gasteiger charge is -1.98. The average molecular weight is 219 g/mol. The monoisotopic (exact) mass is 219 g/mol. The van der Waals surface area contributed by atoms with Crippen LogP contribution in [-0.2, 0) is 9.53 Å². The number of aryl methyl sites for hydroxylation is 1. The molecule has 0 saturated heterocycles. The molecule has 1 aromatic rings. The molecule has 1 N–H and O–H groups in total. The Morgan fingerprint density at radius 2 is 2.19 bits per heavy atom. The summed E-state index contributed by atoms with van der Waals surface area (Å²) in [4.78, 5) is 25.1. The van der Waals surface area contributed by atoms with Gasteiger partial charge in [0.05, 0.1) is 7.11 Å². The Labute approximate surface area is 92.1 Å². The van der Waals surface area contributed by atoms with E-state index >= 15 is 0 Å². The van der Waals surface area contributed by atoms with Gasteiger partial charge in [-0.1, -0.05) is 5.92 Å². The maximum absolute atomic E-state index is 10.7. The van der Waals surface area contributed by atoms with Crippen molar-refractivity contribution in [3.05, 3.63) is 29.1 Å². The fraction of sp³-hybridized carbons (Fsp3) is 0.182. The Kier molecular flexibility index (Phi) is 3.62. The predicted octanol–water partition coefficient (Wildman–Crippen LogP) is 0.613. The Hall–Kier alpha value is -2.35. The highest BCUT2D eigenvalue weighted by molar-refractivity contribution is 5.89. The van der Waals surface area contributed by atoms with Gasteiger partial charge >= 0.3 is 11.9 Å². The first-order valence-electron chi connectivity index (χ1n) is 4.34. The highest BCUT2D eigenvalue weighted by atomic mass is 16.5. The van der Waals surface area contributed by atoms with Crippen LogP contribution in [0.2, 0.25) is 0 Å². The number of carbonyl (C=O) groups excluding carboxylic acids is 1. The Morgan fingerprint density at radius 1 is 1.50 bits per heavy atom. The molecule has 0 aliphatic heterocycles. The molecule has 16 heavy (non-hydrogen) atoms. The van der Waals surface area contributed by atoms with Crippen molar-refractivity contribution < 1.29 is 19.4 Å². The molecular formula is C11H9NO4. The van der Waals surface area contributed by atoms with Crippen molar-refractivity contribution in [1.29, 1.82) is 0 Å². The topological polar surface area (TPSA) is 76.5 Å². The van der Waals surface area contributed by atoms with Gasteiger partial charge < -0.3 is 9.84 Å². The minimum Gasteiger partial charge on any atom is -0.477 e. The minimum atomic E-state index is -1.09. The largest absolute Gasteiger partial charge is 0.477 e. The summed E-state index contributed by atoms with van der Waals surface area (Å²) < 4.78 is 4.34. The van der Waals surface area contributed by atoms with E-state index in [1.165, 1.54) is 13.3 Å². The van der Waals surface area contributed by atoms with Gasteiger partial charge in [-0.05, 0) is 18.6 Å². The van der Waals surface area contributed by atoms with Crippen LogP contribution in [0.1, 0.15) is 21.6 Å². The third kappa shape index (κ3) is 2.82. The number of carboxylic acids is 1. The third-order valence-corrected chi connectivity index (χ3v) is 1.78. The maximum atomic E-state index is 10.7. The summed E-state index contributed by atoms with van der Waals surface area (Å²) in [6.07, 6.45) is 1.30. The van der Waals surface area contributed by atoms with Crippen LogP contribution in [0, 0.1) is 18.8 Å². The second-order valence-electron chi connectivity index (χ2n) is 2.94. The number of nitrogens with zero attached hydrogens (tertiary/aromatic N) is 1. The van der Waals surface area contributed by atoms with E-state index in [9.17, 15) is 9.59 Å². The number of methoxy groups -OCH3 is 1. The molecule has 0 spiro atoms. The summed E-state index contributed by atoms with van der Waals surface area (Å²) in [6.45, 7) is 1.61. The summed E-state index contributed by atoms with van der Waals surface area (Å²) in [5.41, 5.74) is 0.931. The number of carboxylic acid groups (broad SMARTS) is 1. The van der Waals surface area contributed by atoms with Gasteiger partial charge in [0.1, 0.15) is 0 Å². The second kappa shape index (κ2) is 4.94. The fourth-order valence-electron chi connectivity index (χ4n) is 1.04. The molecule has 1 rings (SSSR count). The van der Waals surface area contributed by atoms with Crippen LogP contribution in [0.25, 0.3) is 0 Å². The molecule has 0 bridgehead atoms. The van der Waals surface area contributed by atoms with Crippen molar-refractivity contribution in [3.8, 4) is 11.8 Å². The Bertz CT molecular complexity index is 496. The minimum absolute atomic E-state index is 0.0244. The summed E-state index contributed by atoms with van der Waals surface area (Å²) >= 11 is 0. The molecule has 0 amide bonds. The molecule has 0 radical (unpaired) electrons. The van der Waals surface area contributed by atoms with Crippen molar-refractivity contribution in [1.82, 2.24) is 4.98 Å². The number of hydrogen-bond donors (Lipinski definition) is 1. The number of aromatic nitrogens is 1. The van der Waals surface area contributed by atoms with Gasteiger partial charge in [-0.25, -0.2) is 14.6 Å². The molecule has 0 aliphatic rings. The van der Waals surface area contributed by atoms with Crippen LogP contribution in [0.4, 0.5) is 0 Å².